The molecule has 6 heteroatoms. The van der Waals surface area contributed by atoms with E-state index in [1.807, 2.05) is 34.6 Å². The van der Waals surface area contributed by atoms with Gasteiger partial charge in [-0.1, -0.05) is 6.92 Å². The highest BCUT2D eigenvalue weighted by atomic mass is 16.6. The Morgan fingerprint density at radius 3 is 2.32 bits per heavy atom. The van der Waals surface area contributed by atoms with Gasteiger partial charge in [-0.25, -0.2) is 9.59 Å². The van der Waals surface area contributed by atoms with Gasteiger partial charge in [0.25, 0.3) is 0 Å². The molecule has 0 spiro atoms. The number of hydrogen-bond acceptors (Lipinski definition) is 3. The first-order chi connectivity index (χ1) is 8.65. The molecular weight excluding hydrogens is 246 g/mol. The van der Waals surface area contributed by atoms with Gasteiger partial charge in [-0.3, -0.25) is 0 Å². The van der Waals surface area contributed by atoms with E-state index >= 15 is 0 Å². The summed E-state index contributed by atoms with van der Waals surface area (Å²) in [5.74, 6) is 0.153. The average molecular weight is 273 g/mol. The molecule has 1 atom stereocenters. The first kappa shape index (κ1) is 17.5. The van der Waals surface area contributed by atoms with Gasteiger partial charge in [-0.05, 0) is 33.6 Å². The number of urea groups is 1. The molecule has 0 rings (SSSR count). The van der Waals surface area contributed by atoms with Crippen molar-refractivity contribution in [3.63, 3.8) is 0 Å². The lowest BCUT2D eigenvalue weighted by atomic mass is 10.1. The van der Waals surface area contributed by atoms with E-state index in [4.69, 9.17) is 4.74 Å². The molecule has 3 amide bonds. The van der Waals surface area contributed by atoms with Gasteiger partial charge < -0.3 is 20.3 Å². The maximum Gasteiger partial charge on any atom is 0.410 e. The Morgan fingerprint density at radius 1 is 1.26 bits per heavy atom. The Balaban J connectivity index is 4.01. The fraction of sp³-hybridized carbons (Fsp3) is 0.846. The van der Waals surface area contributed by atoms with Crippen molar-refractivity contribution in [1.29, 1.82) is 0 Å². The van der Waals surface area contributed by atoms with Gasteiger partial charge >= 0.3 is 12.1 Å². The highest BCUT2D eigenvalue weighted by Crippen LogP contribution is 2.09. The number of nitrogens with one attached hydrogen (secondary N) is 2. The molecule has 0 aromatic carbocycles. The predicted octanol–water partition coefficient (Wildman–Crippen LogP) is 1.81. The number of ether oxygens (including phenoxy) is 1. The molecule has 0 radical (unpaired) electrons. The van der Waals surface area contributed by atoms with E-state index < -0.39 is 5.60 Å². The molecule has 2 N–H and O–H groups in total. The van der Waals surface area contributed by atoms with Crippen molar-refractivity contribution >= 4 is 12.1 Å². The Bertz CT molecular complexity index is 300. The topological polar surface area (TPSA) is 70.7 Å². The molecule has 112 valence electrons. The minimum Gasteiger partial charge on any atom is -0.444 e. The second-order valence-electron chi connectivity index (χ2n) is 5.71. The molecule has 6 nitrogen and oxygen atoms in total. The van der Waals surface area contributed by atoms with Crippen LogP contribution in [0, 0.1) is 5.92 Å². The molecule has 0 aromatic rings. The normalized spacial score (nSPS) is 12.5. The smallest absolute Gasteiger partial charge is 0.410 e. The van der Waals surface area contributed by atoms with Crippen molar-refractivity contribution in [2.24, 2.45) is 5.92 Å². The highest BCUT2D eigenvalue weighted by Gasteiger charge is 2.20. The lowest BCUT2D eigenvalue weighted by molar-refractivity contribution is 0.0277. The fourth-order valence-electron chi connectivity index (χ4n) is 1.44. The summed E-state index contributed by atoms with van der Waals surface area (Å²) in [6, 6.07) is -0.186. The molecule has 0 aromatic heterocycles. The van der Waals surface area contributed by atoms with E-state index in [-0.39, 0.29) is 18.0 Å². The van der Waals surface area contributed by atoms with Crippen LogP contribution < -0.4 is 10.6 Å². The van der Waals surface area contributed by atoms with Crippen LogP contribution in [0.5, 0.6) is 0 Å². The number of rotatable bonds is 5. The summed E-state index contributed by atoms with van der Waals surface area (Å²) >= 11 is 0. The van der Waals surface area contributed by atoms with E-state index in [0.29, 0.717) is 19.6 Å². The summed E-state index contributed by atoms with van der Waals surface area (Å²) in [4.78, 5) is 24.5. The lowest BCUT2D eigenvalue weighted by Crippen LogP contribution is -2.41. The Morgan fingerprint density at radius 2 is 1.84 bits per heavy atom. The van der Waals surface area contributed by atoms with E-state index in [2.05, 4.69) is 10.6 Å². The SMILES string of the molecule is CCNC(=O)NCC(C)CN(C)C(=O)OC(C)(C)C. The van der Waals surface area contributed by atoms with Crippen LogP contribution in [-0.2, 0) is 4.74 Å². The van der Waals surface area contributed by atoms with Crippen LogP contribution in [0.1, 0.15) is 34.6 Å². The third-order valence-corrected chi connectivity index (χ3v) is 2.24. The molecule has 0 bridgehead atoms. The number of hydrogen-bond donors (Lipinski definition) is 2. The summed E-state index contributed by atoms with van der Waals surface area (Å²) in [5, 5.41) is 5.40. The first-order valence-corrected chi connectivity index (χ1v) is 6.61. The number of carbonyl (C=O) groups is 2. The molecule has 0 aliphatic rings. The van der Waals surface area contributed by atoms with E-state index in [9.17, 15) is 9.59 Å². The van der Waals surface area contributed by atoms with Gasteiger partial charge in [0.15, 0.2) is 0 Å². The van der Waals surface area contributed by atoms with Crippen molar-refractivity contribution in [3.8, 4) is 0 Å². The van der Waals surface area contributed by atoms with Crippen molar-refractivity contribution < 1.29 is 14.3 Å². The first-order valence-electron chi connectivity index (χ1n) is 6.61. The second kappa shape index (κ2) is 7.86. The molecule has 0 heterocycles. The van der Waals surface area contributed by atoms with Crippen LogP contribution in [0.2, 0.25) is 0 Å². The summed E-state index contributed by atoms with van der Waals surface area (Å²) < 4.78 is 5.25. The van der Waals surface area contributed by atoms with Gasteiger partial charge in [0, 0.05) is 26.7 Å². The Kier molecular flexibility index (Phi) is 7.26. The van der Waals surface area contributed by atoms with Crippen LogP contribution in [0.25, 0.3) is 0 Å². The highest BCUT2D eigenvalue weighted by molar-refractivity contribution is 5.73. The Hall–Kier alpha value is -1.46. The maximum absolute atomic E-state index is 11.7. The van der Waals surface area contributed by atoms with Crippen LogP contribution in [0.4, 0.5) is 9.59 Å². The van der Waals surface area contributed by atoms with Gasteiger partial charge in [0.05, 0.1) is 0 Å². The molecule has 0 saturated carbocycles. The zero-order chi connectivity index (χ0) is 15.1. The van der Waals surface area contributed by atoms with Gasteiger partial charge in [0.1, 0.15) is 5.60 Å². The Labute approximate surface area is 115 Å². The van der Waals surface area contributed by atoms with E-state index in [1.165, 1.54) is 4.90 Å². The van der Waals surface area contributed by atoms with Gasteiger partial charge in [-0.2, -0.15) is 0 Å². The lowest BCUT2D eigenvalue weighted by Gasteiger charge is -2.26. The van der Waals surface area contributed by atoms with Crippen molar-refractivity contribution in [1.82, 2.24) is 15.5 Å². The molecule has 0 fully saturated rings. The minimum absolute atomic E-state index is 0.153. The molecule has 0 aliphatic heterocycles. The summed E-state index contributed by atoms with van der Waals surface area (Å²) in [7, 11) is 1.69. The fourth-order valence-corrected chi connectivity index (χ4v) is 1.44. The van der Waals surface area contributed by atoms with Gasteiger partial charge in [-0.15, -0.1) is 0 Å². The maximum atomic E-state index is 11.7. The largest absolute Gasteiger partial charge is 0.444 e. The van der Waals surface area contributed by atoms with Gasteiger partial charge in [0.2, 0.25) is 0 Å². The van der Waals surface area contributed by atoms with Crippen molar-refractivity contribution in [2.75, 3.05) is 26.7 Å². The summed E-state index contributed by atoms with van der Waals surface area (Å²) in [6.07, 6.45) is -0.350. The van der Waals surface area contributed by atoms with Crippen molar-refractivity contribution in [3.05, 3.63) is 0 Å². The molecule has 1 unspecified atom stereocenters. The van der Waals surface area contributed by atoms with Crippen LogP contribution >= 0.6 is 0 Å². The third kappa shape index (κ3) is 9.16. The van der Waals surface area contributed by atoms with Crippen LogP contribution in [0.15, 0.2) is 0 Å². The molecule has 0 saturated heterocycles. The number of nitrogens with zero attached hydrogens (tertiary/aromatic N) is 1. The third-order valence-electron chi connectivity index (χ3n) is 2.24. The van der Waals surface area contributed by atoms with E-state index in [1.54, 1.807) is 7.05 Å². The zero-order valence-electron chi connectivity index (χ0n) is 12.9. The second-order valence-corrected chi connectivity index (χ2v) is 5.71. The predicted molar refractivity (Wildman–Crippen MR) is 75.1 cm³/mol. The molecule has 0 aliphatic carbocycles. The minimum atomic E-state index is -0.492. The zero-order valence-corrected chi connectivity index (χ0v) is 12.9. The monoisotopic (exact) mass is 273 g/mol. The van der Waals surface area contributed by atoms with Crippen molar-refractivity contribution in [2.45, 2.75) is 40.2 Å². The standard InChI is InChI=1S/C13H27N3O3/c1-7-14-11(17)15-8-10(2)9-16(6)12(18)19-13(3,4)5/h10H,7-9H2,1-6H3,(H2,14,15,17). The summed E-state index contributed by atoms with van der Waals surface area (Å²) in [5.41, 5.74) is -0.492. The molecule has 19 heavy (non-hydrogen) atoms. The molecular formula is C13H27N3O3. The number of amides is 3. The van der Waals surface area contributed by atoms with Crippen LogP contribution in [-0.4, -0.2) is 49.3 Å². The van der Waals surface area contributed by atoms with Crippen LogP contribution in [0.3, 0.4) is 0 Å². The van der Waals surface area contributed by atoms with E-state index in [0.717, 1.165) is 0 Å². The summed E-state index contributed by atoms with van der Waals surface area (Å²) in [6.45, 7) is 11.0. The average Bonchev–Trinajstić information content (AvgIpc) is 2.24. The number of carbonyl (C=O) groups excluding carboxylic acids is 2. The quantitative estimate of drug-likeness (QED) is 0.802.